The van der Waals surface area contributed by atoms with Crippen LogP contribution in [-0.2, 0) is 14.8 Å². The van der Waals surface area contributed by atoms with Gasteiger partial charge >= 0.3 is 5.97 Å². The Morgan fingerprint density at radius 3 is 2.21 bits per heavy atom. The van der Waals surface area contributed by atoms with Gasteiger partial charge in [-0.05, 0) is 26.0 Å². The summed E-state index contributed by atoms with van der Waals surface area (Å²) in [7, 11) is -3.87. The number of nitrogens with one attached hydrogen (secondary N) is 1. The summed E-state index contributed by atoms with van der Waals surface area (Å²) >= 11 is 0. The Hall–Kier alpha value is -2.67. The molecule has 0 aromatic heterocycles. The highest BCUT2D eigenvalue weighted by Gasteiger charge is 2.19. The molecule has 0 saturated heterocycles. The number of hydrogen-bond donors (Lipinski definition) is 2. The van der Waals surface area contributed by atoms with E-state index in [1.807, 2.05) is 6.92 Å². The molecule has 0 aliphatic carbocycles. The molecule has 0 radical (unpaired) electrons. The van der Waals surface area contributed by atoms with Crippen LogP contribution in [0.2, 0.25) is 0 Å². The van der Waals surface area contributed by atoms with Gasteiger partial charge in [-0.3, -0.25) is 9.71 Å². The third-order valence-corrected chi connectivity index (χ3v) is 4.64. The van der Waals surface area contributed by atoms with Crippen LogP contribution in [0.15, 0.2) is 64.5 Å². The lowest BCUT2D eigenvalue weighted by atomic mass is 10.2. The largest absolute Gasteiger partial charge is 0.480 e. The van der Waals surface area contributed by atoms with Crippen LogP contribution in [0.25, 0.3) is 0 Å². The fourth-order valence-corrected chi connectivity index (χ4v) is 2.95. The predicted molar refractivity (Wildman–Crippen MR) is 91.6 cm³/mol. The number of hydrogen-bond acceptors (Lipinski definition) is 4. The number of carboxylic acid groups (broad SMARTS) is 1. The molecule has 2 N–H and O–H groups in total. The lowest BCUT2D eigenvalue weighted by Gasteiger charge is -2.13. The van der Waals surface area contributed by atoms with Crippen LogP contribution in [0, 0.1) is 6.92 Å². The van der Waals surface area contributed by atoms with Gasteiger partial charge in [-0.1, -0.05) is 48.0 Å². The Morgan fingerprint density at radius 2 is 1.67 bits per heavy atom. The highest BCUT2D eigenvalue weighted by Crippen LogP contribution is 2.12. The third kappa shape index (κ3) is 4.42. The molecule has 6 nitrogen and oxygen atoms in total. The highest BCUT2D eigenvalue weighted by atomic mass is 32.2. The van der Waals surface area contributed by atoms with Crippen molar-refractivity contribution in [1.29, 1.82) is 0 Å². The molecule has 0 bridgehead atoms. The summed E-state index contributed by atoms with van der Waals surface area (Å²) in [5.74, 6) is -1.15. The summed E-state index contributed by atoms with van der Waals surface area (Å²) in [6.45, 7) is 3.24. The highest BCUT2D eigenvalue weighted by molar-refractivity contribution is 7.90. The van der Waals surface area contributed by atoms with Gasteiger partial charge in [0.05, 0.1) is 4.90 Å². The molecule has 7 heteroatoms. The molecule has 0 aliphatic heterocycles. The molecule has 0 amide bonds. The summed E-state index contributed by atoms with van der Waals surface area (Å²) in [4.78, 5) is 15.1. The van der Waals surface area contributed by atoms with Crippen LogP contribution in [0.5, 0.6) is 0 Å². The second-order valence-corrected chi connectivity index (χ2v) is 6.96. The van der Waals surface area contributed by atoms with E-state index in [2.05, 4.69) is 9.71 Å². The Kier molecular flexibility index (Phi) is 5.35. The first-order chi connectivity index (χ1) is 11.3. The van der Waals surface area contributed by atoms with Crippen LogP contribution in [0.3, 0.4) is 0 Å². The number of aryl methyl sites for hydroxylation is 1. The van der Waals surface area contributed by atoms with E-state index in [9.17, 15) is 13.2 Å². The lowest BCUT2D eigenvalue weighted by Crippen LogP contribution is -2.33. The summed E-state index contributed by atoms with van der Waals surface area (Å²) in [6, 6.07) is 13.8. The van der Waals surface area contributed by atoms with E-state index in [0.29, 0.717) is 5.56 Å². The third-order valence-electron chi connectivity index (χ3n) is 3.29. The van der Waals surface area contributed by atoms with Crippen molar-refractivity contribution in [2.45, 2.75) is 24.8 Å². The van der Waals surface area contributed by atoms with Gasteiger partial charge in [-0.15, -0.1) is 0 Å². The molecule has 0 fully saturated rings. The molecule has 1 atom stereocenters. The maximum absolute atomic E-state index is 12.5. The number of rotatable bonds is 5. The number of aliphatic imine (C=N–C) groups is 1. The quantitative estimate of drug-likeness (QED) is 0.641. The molecular weight excluding hydrogens is 328 g/mol. The Bertz CT molecular complexity index is 844. The first-order valence-electron chi connectivity index (χ1n) is 7.25. The minimum atomic E-state index is -3.87. The Balaban J connectivity index is 2.41. The van der Waals surface area contributed by atoms with E-state index >= 15 is 0 Å². The van der Waals surface area contributed by atoms with Crippen molar-refractivity contribution >= 4 is 21.8 Å². The molecule has 0 saturated carbocycles. The van der Waals surface area contributed by atoms with Crippen molar-refractivity contribution in [2.24, 2.45) is 4.99 Å². The van der Waals surface area contributed by atoms with E-state index in [1.54, 1.807) is 42.5 Å². The molecule has 24 heavy (non-hydrogen) atoms. The second-order valence-electron chi connectivity index (χ2n) is 5.28. The van der Waals surface area contributed by atoms with Crippen molar-refractivity contribution < 1.29 is 18.3 Å². The number of aliphatic carboxylic acids is 1. The summed E-state index contributed by atoms with van der Waals surface area (Å²) in [5.41, 5.74) is 1.42. The molecule has 2 aromatic carbocycles. The average Bonchev–Trinajstić information content (AvgIpc) is 2.55. The molecule has 2 aromatic rings. The molecule has 0 unspecified atom stereocenters. The van der Waals surface area contributed by atoms with Crippen LogP contribution in [0.4, 0.5) is 0 Å². The number of amidine groups is 1. The number of carbonyl (C=O) groups is 1. The van der Waals surface area contributed by atoms with Crippen molar-refractivity contribution in [3.63, 3.8) is 0 Å². The first kappa shape index (κ1) is 17.7. The van der Waals surface area contributed by atoms with Gasteiger partial charge in [0, 0.05) is 5.56 Å². The maximum Gasteiger partial charge on any atom is 0.328 e. The van der Waals surface area contributed by atoms with Gasteiger partial charge in [0.25, 0.3) is 10.0 Å². The lowest BCUT2D eigenvalue weighted by molar-refractivity contribution is -0.137. The standard InChI is InChI=1S/C17H18N2O4S/c1-12-8-10-15(11-9-12)24(22,23)19-16(18-13(2)17(20)21)14-6-4-3-5-7-14/h3-11,13H,1-2H3,(H,18,19)(H,20,21)/t13-/m1/s1. The fourth-order valence-electron chi connectivity index (χ4n) is 1.91. The van der Waals surface area contributed by atoms with Crippen molar-refractivity contribution in [1.82, 2.24) is 4.72 Å². The molecule has 0 spiro atoms. The number of nitrogens with zero attached hydrogens (tertiary/aromatic N) is 1. The normalized spacial score (nSPS) is 13.3. The minimum Gasteiger partial charge on any atom is -0.480 e. The SMILES string of the molecule is Cc1ccc(S(=O)(=O)NC(=N[C@H](C)C(=O)O)c2ccccc2)cc1. The first-order valence-corrected chi connectivity index (χ1v) is 8.73. The number of sulfonamides is 1. The number of benzene rings is 2. The van der Waals surface area contributed by atoms with Crippen LogP contribution >= 0.6 is 0 Å². The van der Waals surface area contributed by atoms with Crippen molar-refractivity contribution in [2.75, 3.05) is 0 Å². The van der Waals surface area contributed by atoms with Gasteiger partial charge in [0.2, 0.25) is 0 Å². The van der Waals surface area contributed by atoms with E-state index in [1.165, 1.54) is 19.1 Å². The summed E-state index contributed by atoms with van der Waals surface area (Å²) < 4.78 is 27.5. The molecule has 2 rings (SSSR count). The summed E-state index contributed by atoms with van der Waals surface area (Å²) in [6.07, 6.45) is 0. The molecular formula is C17H18N2O4S. The van der Waals surface area contributed by atoms with Crippen LogP contribution in [0.1, 0.15) is 18.1 Å². The van der Waals surface area contributed by atoms with Gasteiger partial charge in [-0.25, -0.2) is 13.2 Å². The Labute approximate surface area is 140 Å². The molecule has 0 heterocycles. The Morgan fingerprint density at radius 1 is 1.08 bits per heavy atom. The smallest absolute Gasteiger partial charge is 0.328 e. The van der Waals surface area contributed by atoms with E-state index < -0.39 is 22.0 Å². The van der Waals surface area contributed by atoms with Crippen LogP contribution < -0.4 is 4.72 Å². The monoisotopic (exact) mass is 346 g/mol. The maximum atomic E-state index is 12.5. The van der Waals surface area contributed by atoms with E-state index in [-0.39, 0.29) is 10.7 Å². The van der Waals surface area contributed by atoms with E-state index in [0.717, 1.165) is 5.56 Å². The molecule has 0 aliphatic rings. The molecule has 126 valence electrons. The zero-order chi connectivity index (χ0) is 17.7. The van der Waals surface area contributed by atoms with E-state index in [4.69, 9.17) is 5.11 Å². The van der Waals surface area contributed by atoms with Crippen molar-refractivity contribution in [3.05, 3.63) is 65.7 Å². The second kappa shape index (κ2) is 7.27. The summed E-state index contributed by atoms with van der Waals surface area (Å²) in [5, 5.41) is 9.04. The predicted octanol–water partition coefficient (Wildman–Crippen LogP) is 2.19. The topological polar surface area (TPSA) is 95.8 Å². The average molecular weight is 346 g/mol. The zero-order valence-corrected chi connectivity index (χ0v) is 14.1. The van der Waals surface area contributed by atoms with Crippen LogP contribution in [-0.4, -0.2) is 31.4 Å². The van der Waals surface area contributed by atoms with Crippen molar-refractivity contribution in [3.8, 4) is 0 Å². The van der Waals surface area contributed by atoms with Gasteiger partial charge in [0.15, 0.2) is 0 Å². The van der Waals surface area contributed by atoms with Gasteiger partial charge in [0.1, 0.15) is 11.9 Å². The van der Waals surface area contributed by atoms with Gasteiger partial charge in [-0.2, -0.15) is 0 Å². The van der Waals surface area contributed by atoms with Gasteiger partial charge < -0.3 is 5.11 Å². The fraction of sp³-hybridized carbons (Fsp3) is 0.176. The number of carboxylic acids is 1. The zero-order valence-electron chi connectivity index (χ0n) is 13.3. The minimum absolute atomic E-state index is 0.00826.